The van der Waals surface area contributed by atoms with Crippen molar-refractivity contribution in [1.82, 2.24) is 5.32 Å². The van der Waals surface area contributed by atoms with Crippen LogP contribution >= 0.6 is 11.8 Å². The summed E-state index contributed by atoms with van der Waals surface area (Å²) in [5.41, 5.74) is 1.30. The van der Waals surface area contributed by atoms with Gasteiger partial charge in [0.15, 0.2) is 0 Å². The van der Waals surface area contributed by atoms with E-state index in [-0.39, 0.29) is 5.82 Å². The van der Waals surface area contributed by atoms with Crippen molar-refractivity contribution in [2.45, 2.75) is 36.1 Å². The molecule has 2 rings (SSSR count). The molecule has 1 atom stereocenters. The van der Waals surface area contributed by atoms with E-state index in [9.17, 15) is 4.39 Å². The Bertz CT molecular complexity index is 539. The molecule has 2 aromatic carbocycles. The first kappa shape index (κ1) is 15.1. The molecule has 0 aromatic heterocycles. The highest BCUT2D eigenvalue weighted by Gasteiger charge is 2.07. The zero-order chi connectivity index (χ0) is 14.4. The topological polar surface area (TPSA) is 12.0 Å². The van der Waals surface area contributed by atoms with Crippen LogP contribution in [0.25, 0.3) is 0 Å². The molecule has 0 aliphatic rings. The number of hydrogen-bond acceptors (Lipinski definition) is 2. The predicted molar refractivity (Wildman–Crippen MR) is 83.7 cm³/mol. The molecular formula is C17H20FNS. The number of halogens is 1. The maximum absolute atomic E-state index is 13.1. The van der Waals surface area contributed by atoms with Gasteiger partial charge in [0.1, 0.15) is 5.82 Å². The van der Waals surface area contributed by atoms with Gasteiger partial charge in [0.25, 0.3) is 0 Å². The van der Waals surface area contributed by atoms with E-state index in [0.717, 1.165) is 22.8 Å². The van der Waals surface area contributed by atoms with Crippen molar-refractivity contribution in [2.24, 2.45) is 0 Å². The molecule has 0 saturated carbocycles. The molecule has 20 heavy (non-hydrogen) atoms. The van der Waals surface area contributed by atoms with Crippen LogP contribution in [0, 0.1) is 5.82 Å². The first-order valence-electron chi connectivity index (χ1n) is 6.99. The minimum absolute atomic E-state index is 0.190. The summed E-state index contributed by atoms with van der Waals surface area (Å²) < 4.78 is 13.1. The maximum atomic E-state index is 13.1. The Morgan fingerprint density at radius 3 is 2.40 bits per heavy atom. The number of nitrogens with one attached hydrogen (secondary N) is 1. The van der Waals surface area contributed by atoms with Crippen LogP contribution in [0.15, 0.2) is 58.3 Å². The van der Waals surface area contributed by atoms with E-state index in [1.165, 1.54) is 11.6 Å². The van der Waals surface area contributed by atoms with E-state index in [4.69, 9.17) is 0 Å². The van der Waals surface area contributed by atoms with Crippen LogP contribution in [0.4, 0.5) is 4.39 Å². The third-order valence-electron chi connectivity index (χ3n) is 3.17. The van der Waals surface area contributed by atoms with Gasteiger partial charge >= 0.3 is 0 Å². The molecule has 0 fully saturated rings. The van der Waals surface area contributed by atoms with Crippen LogP contribution in [0.2, 0.25) is 0 Å². The van der Waals surface area contributed by atoms with Crippen molar-refractivity contribution in [3.05, 3.63) is 59.9 Å². The van der Waals surface area contributed by atoms with E-state index in [1.807, 2.05) is 6.07 Å². The Kier molecular flexibility index (Phi) is 5.62. The molecule has 1 N–H and O–H groups in total. The summed E-state index contributed by atoms with van der Waals surface area (Å²) in [6.45, 7) is 5.28. The third-order valence-corrected chi connectivity index (χ3v) is 4.17. The monoisotopic (exact) mass is 289 g/mol. The minimum Gasteiger partial charge on any atom is -0.310 e. The van der Waals surface area contributed by atoms with Crippen LogP contribution in [0.5, 0.6) is 0 Å². The molecule has 106 valence electrons. The van der Waals surface area contributed by atoms with Gasteiger partial charge in [-0.3, -0.25) is 0 Å². The fraction of sp³-hybridized carbons (Fsp3) is 0.294. The third kappa shape index (κ3) is 4.09. The molecular weight excluding hydrogens is 269 g/mol. The number of hydrogen-bond donors (Lipinski definition) is 1. The maximum Gasteiger partial charge on any atom is 0.124 e. The number of benzene rings is 2. The van der Waals surface area contributed by atoms with Crippen molar-refractivity contribution < 1.29 is 4.39 Å². The van der Waals surface area contributed by atoms with Crippen LogP contribution in [0.3, 0.4) is 0 Å². The van der Waals surface area contributed by atoms with Crippen molar-refractivity contribution in [2.75, 3.05) is 6.54 Å². The second kappa shape index (κ2) is 7.46. The van der Waals surface area contributed by atoms with Gasteiger partial charge in [0.05, 0.1) is 0 Å². The second-order valence-electron chi connectivity index (χ2n) is 4.65. The number of rotatable bonds is 6. The summed E-state index contributed by atoms with van der Waals surface area (Å²) in [5, 5.41) is 3.47. The highest BCUT2D eigenvalue weighted by Crippen LogP contribution is 2.29. The standard InChI is InChI=1S/C17H20FNS/c1-3-17(19-4-2)13-8-10-15(11-9-13)20-16-7-5-6-14(18)12-16/h5-12,17,19H,3-4H2,1-2H3. The largest absolute Gasteiger partial charge is 0.310 e. The fourth-order valence-corrected chi connectivity index (χ4v) is 3.04. The first-order chi connectivity index (χ1) is 9.72. The molecule has 0 aliphatic heterocycles. The van der Waals surface area contributed by atoms with E-state index in [0.29, 0.717) is 6.04 Å². The average Bonchev–Trinajstić information content (AvgIpc) is 2.46. The van der Waals surface area contributed by atoms with Crippen LogP contribution < -0.4 is 5.32 Å². The smallest absolute Gasteiger partial charge is 0.124 e. The zero-order valence-electron chi connectivity index (χ0n) is 11.9. The lowest BCUT2D eigenvalue weighted by Gasteiger charge is -2.16. The van der Waals surface area contributed by atoms with Crippen LogP contribution in [0.1, 0.15) is 31.9 Å². The second-order valence-corrected chi connectivity index (χ2v) is 5.79. The van der Waals surface area contributed by atoms with Crippen LogP contribution in [-0.2, 0) is 0 Å². The van der Waals surface area contributed by atoms with Crippen LogP contribution in [-0.4, -0.2) is 6.54 Å². The van der Waals surface area contributed by atoms with Crippen molar-refractivity contribution >= 4 is 11.8 Å². The van der Waals surface area contributed by atoms with E-state index >= 15 is 0 Å². The van der Waals surface area contributed by atoms with Gasteiger partial charge in [-0.05, 0) is 48.9 Å². The molecule has 0 heterocycles. The minimum atomic E-state index is -0.190. The molecule has 0 spiro atoms. The predicted octanol–water partition coefficient (Wildman–Crippen LogP) is 5.04. The van der Waals surface area contributed by atoms with Gasteiger partial charge < -0.3 is 5.32 Å². The van der Waals surface area contributed by atoms with Gasteiger partial charge in [0, 0.05) is 15.8 Å². The quantitative estimate of drug-likeness (QED) is 0.799. The average molecular weight is 289 g/mol. The Morgan fingerprint density at radius 1 is 1.05 bits per heavy atom. The van der Waals surface area contributed by atoms with E-state index in [1.54, 1.807) is 23.9 Å². The summed E-state index contributed by atoms with van der Waals surface area (Å²) in [7, 11) is 0. The molecule has 0 aliphatic carbocycles. The summed E-state index contributed by atoms with van der Waals surface area (Å²) in [6, 6.07) is 15.6. The normalized spacial score (nSPS) is 12.3. The Balaban J connectivity index is 2.08. The summed E-state index contributed by atoms with van der Waals surface area (Å²) in [5.74, 6) is -0.190. The molecule has 2 aromatic rings. The summed E-state index contributed by atoms with van der Waals surface area (Å²) in [4.78, 5) is 2.06. The van der Waals surface area contributed by atoms with Crippen molar-refractivity contribution in [1.29, 1.82) is 0 Å². The van der Waals surface area contributed by atoms with Gasteiger partial charge in [0.2, 0.25) is 0 Å². The molecule has 1 unspecified atom stereocenters. The molecule has 0 saturated heterocycles. The Hall–Kier alpha value is -1.32. The first-order valence-corrected chi connectivity index (χ1v) is 7.81. The lowest BCUT2D eigenvalue weighted by molar-refractivity contribution is 0.537. The summed E-state index contributed by atoms with van der Waals surface area (Å²) in [6.07, 6.45) is 1.07. The van der Waals surface area contributed by atoms with Gasteiger partial charge in [-0.15, -0.1) is 0 Å². The van der Waals surface area contributed by atoms with Gasteiger partial charge in [-0.1, -0.05) is 43.8 Å². The highest BCUT2D eigenvalue weighted by molar-refractivity contribution is 7.99. The SMILES string of the molecule is CCNC(CC)c1ccc(Sc2cccc(F)c2)cc1. The summed E-state index contributed by atoms with van der Waals surface area (Å²) >= 11 is 1.58. The van der Waals surface area contributed by atoms with Gasteiger partial charge in [-0.25, -0.2) is 4.39 Å². The molecule has 1 nitrogen and oxygen atoms in total. The molecule has 0 amide bonds. The van der Waals surface area contributed by atoms with E-state index < -0.39 is 0 Å². The van der Waals surface area contributed by atoms with Gasteiger partial charge in [-0.2, -0.15) is 0 Å². The van der Waals surface area contributed by atoms with Crippen molar-refractivity contribution in [3.8, 4) is 0 Å². The van der Waals surface area contributed by atoms with E-state index in [2.05, 4.69) is 43.4 Å². The highest BCUT2D eigenvalue weighted by atomic mass is 32.2. The zero-order valence-corrected chi connectivity index (χ0v) is 12.7. The fourth-order valence-electron chi connectivity index (χ4n) is 2.18. The van der Waals surface area contributed by atoms with Crippen molar-refractivity contribution in [3.63, 3.8) is 0 Å². The lowest BCUT2D eigenvalue weighted by Crippen LogP contribution is -2.19. The Labute approximate surface area is 124 Å². The Morgan fingerprint density at radius 2 is 1.80 bits per heavy atom. The lowest BCUT2D eigenvalue weighted by atomic mass is 10.1. The molecule has 3 heteroatoms. The molecule has 0 bridgehead atoms. The molecule has 0 radical (unpaired) electrons.